The molecule has 118 valence electrons. The Morgan fingerprint density at radius 1 is 1.24 bits per heavy atom. The Morgan fingerprint density at radius 3 is 2.48 bits per heavy atom. The summed E-state index contributed by atoms with van der Waals surface area (Å²) in [4.78, 5) is 2.51. The molecule has 0 radical (unpaired) electrons. The molecule has 2 rings (SSSR count). The molecule has 0 spiro atoms. The number of piperidine rings is 1. The largest absolute Gasteiger partial charge is 0.371 e. The maximum absolute atomic E-state index is 6.42. The van der Waals surface area contributed by atoms with Crippen molar-refractivity contribution in [2.45, 2.75) is 47.1 Å². The number of rotatable bonds is 4. The van der Waals surface area contributed by atoms with Gasteiger partial charge in [0.2, 0.25) is 0 Å². The maximum Gasteiger partial charge on any atom is 0.0471 e. The van der Waals surface area contributed by atoms with Crippen molar-refractivity contribution >= 4 is 17.3 Å². The third kappa shape index (κ3) is 4.14. The molecule has 0 saturated carbocycles. The number of hydrogen-bond acceptors (Lipinski definition) is 2. The van der Waals surface area contributed by atoms with Crippen molar-refractivity contribution in [2.75, 3.05) is 24.5 Å². The third-order valence-electron chi connectivity index (χ3n) is 4.71. The van der Waals surface area contributed by atoms with Crippen LogP contribution >= 0.6 is 11.6 Å². The minimum absolute atomic E-state index is 0.424. The zero-order chi connectivity index (χ0) is 15.5. The molecule has 1 aliphatic rings. The first-order valence-electron chi connectivity index (χ1n) is 8.16. The minimum atomic E-state index is 0.424. The van der Waals surface area contributed by atoms with Crippen molar-refractivity contribution in [1.29, 1.82) is 0 Å². The molecular formula is C18H29ClN2. The Kier molecular flexibility index (Phi) is 5.56. The maximum atomic E-state index is 6.42. The molecule has 2 nitrogen and oxygen atoms in total. The van der Waals surface area contributed by atoms with Gasteiger partial charge in [-0.05, 0) is 42.9 Å². The van der Waals surface area contributed by atoms with E-state index in [2.05, 4.69) is 50.0 Å². The van der Waals surface area contributed by atoms with Gasteiger partial charge in [-0.3, -0.25) is 0 Å². The van der Waals surface area contributed by atoms with Crippen LogP contribution in [0, 0.1) is 11.3 Å². The van der Waals surface area contributed by atoms with Gasteiger partial charge >= 0.3 is 0 Å². The lowest BCUT2D eigenvalue weighted by atomic mass is 9.75. The smallest absolute Gasteiger partial charge is 0.0471 e. The highest BCUT2D eigenvalue weighted by molar-refractivity contribution is 6.31. The molecule has 0 unspecified atom stereocenters. The summed E-state index contributed by atoms with van der Waals surface area (Å²) in [5.41, 5.74) is 2.98. The second kappa shape index (κ2) is 7.02. The molecule has 0 atom stereocenters. The highest BCUT2D eigenvalue weighted by Gasteiger charge is 2.29. The van der Waals surface area contributed by atoms with Gasteiger partial charge in [0.05, 0.1) is 0 Å². The number of benzene rings is 1. The van der Waals surface area contributed by atoms with Gasteiger partial charge in [0.1, 0.15) is 0 Å². The third-order valence-corrected chi connectivity index (χ3v) is 5.06. The molecule has 3 heteroatoms. The SMILES string of the molecule is CCNCc1c(Cl)cccc1N1CCC(C(C)(C)C)CC1. The lowest BCUT2D eigenvalue weighted by Gasteiger charge is -2.40. The molecule has 1 aromatic rings. The molecule has 1 aliphatic heterocycles. The quantitative estimate of drug-likeness (QED) is 0.866. The van der Waals surface area contributed by atoms with E-state index in [0.717, 1.165) is 37.1 Å². The average molecular weight is 309 g/mol. The van der Waals surface area contributed by atoms with Gasteiger partial charge in [0, 0.05) is 35.9 Å². The van der Waals surface area contributed by atoms with Crippen molar-refractivity contribution in [3.63, 3.8) is 0 Å². The molecule has 1 aromatic carbocycles. The summed E-state index contributed by atoms with van der Waals surface area (Å²) in [6.45, 7) is 13.3. The van der Waals surface area contributed by atoms with E-state index >= 15 is 0 Å². The second-order valence-corrected chi connectivity index (χ2v) is 7.55. The van der Waals surface area contributed by atoms with Crippen LogP contribution in [0.2, 0.25) is 5.02 Å². The Hall–Kier alpha value is -0.730. The molecule has 0 aromatic heterocycles. The van der Waals surface area contributed by atoms with Gasteiger partial charge in [-0.15, -0.1) is 0 Å². The summed E-state index contributed by atoms with van der Waals surface area (Å²) >= 11 is 6.42. The average Bonchev–Trinajstić information content (AvgIpc) is 2.45. The van der Waals surface area contributed by atoms with E-state index in [1.54, 1.807) is 0 Å². The van der Waals surface area contributed by atoms with Gasteiger partial charge in [-0.2, -0.15) is 0 Å². The molecule has 0 aliphatic carbocycles. The summed E-state index contributed by atoms with van der Waals surface area (Å²) < 4.78 is 0. The van der Waals surface area contributed by atoms with Crippen molar-refractivity contribution in [2.24, 2.45) is 11.3 Å². The number of nitrogens with one attached hydrogen (secondary N) is 1. The Bertz CT molecular complexity index is 457. The van der Waals surface area contributed by atoms with Gasteiger partial charge in [0.15, 0.2) is 0 Å². The molecule has 0 bridgehead atoms. The van der Waals surface area contributed by atoms with Crippen LogP contribution in [0.1, 0.15) is 46.1 Å². The summed E-state index contributed by atoms with van der Waals surface area (Å²) in [6.07, 6.45) is 2.55. The summed E-state index contributed by atoms with van der Waals surface area (Å²) in [7, 11) is 0. The van der Waals surface area contributed by atoms with E-state index in [-0.39, 0.29) is 0 Å². The zero-order valence-corrected chi connectivity index (χ0v) is 14.6. The Labute approximate surface area is 134 Å². The first-order valence-corrected chi connectivity index (χ1v) is 8.54. The summed E-state index contributed by atoms with van der Waals surface area (Å²) in [6, 6.07) is 6.29. The fraction of sp³-hybridized carbons (Fsp3) is 0.667. The van der Waals surface area contributed by atoms with Crippen LogP contribution in [0.15, 0.2) is 18.2 Å². The van der Waals surface area contributed by atoms with Crippen LogP contribution in [0.5, 0.6) is 0 Å². The van der Waals surface area contributed by atoms with E-state index in [0.29, 0.717) is 5.41 Å². The Balaban J connectivity index is 2.11. The first-order chi connectivity index (χ1) is 9.93. The topological polar surface area (TPSA) is 15.3 Å². The van der Waals surface area contributed by atoms with E-state index in [9.17, 15) is 0 Å². The van der Waals surface area contributed by atoms with E-state index in [1.165, 1.54) is 24.1 Å². The first kappa shape index (κ1) is 16.6. The normalized spacial score (nSPS) is 17.3. The van der Waals surface area contributed by atoms with Crippen LogP contribution in [-0.2, 0) is 6.54 Å². The van der Waals surface area contributed by atoms with Gasteiger partial charge < -0.3 is 10.2 Å². The number of anilines is 1. The molecule has 1 heterocycles. The molecule has 1 fully saturated rings. The van der Waals surface area contributed by atoms with Gasteiger partial charge in [-0.1, -0.05) is 45.4 Å². The van der Waals surface area contributed by atoms with Crippen molar-refractivity contribution < 1.29 is 0 Å². The van der Waals surface area contributed by atoms with Crippen LogP contribution in [0.4, 0.5) is 5.69 Å². The van der Waals surface area contributed by atoms with Crippen LogP contribution in [-0.4, -0.2) is 19.6 Å². The van der Waals surface area contributed by atoms with Crippen molar-refractivity contribution in [3.8, 4) is 0 Å². The molecular weight excluding hydrogens is 280 g/mol. The fourth-order valence-electron chi connectivity index (χ4n) is 3.25. The number of hydrogen-bond donors (Lipinski definition) is 1. The number of halogens is 1. The highest BCUT2D eigenvalue weighted by atomic mass is 35.5. The van der Waals surface area contributed by atoms with Crippen LogP contribution in [0.25, 0.3) is 0 Å². The molecule has 0 amide bonds. The van der Waals surface area contributed by atoms with E-state index in [1.807, 2.05) is 6.07 Å². The summed E-state index contributed by atoms with van der Waals surface area (Å²) in [5.74, 6) is 0.824. The molecule has 1 N–H and O–H groups in total. The lowest BCUT2D eigenvalue weighted by molar-refractivity contribution is 0.199. The van der Waals surface area contributed by atoms with E-state index < -0.39 is 0 Å². The van der Waals surface area contributed by atoms with Crippen molar-refractivity contribution in [1.82, 2.24) is 5.32 Å². The monoisotopic (exact) mass is 308 g/mol. The van der Waals surface area contributed by atoms with Crippen LogP contribution < -0.4 is 10.2 Å². The molecule has 21 heavy (non-hydrogen) atoms. The predicted octanol–water partition coefficient (Wildman–Crippen LogP) is 4.71. The summed E-state index contributed by atoms with van der Waals surface area (Å²) in [5, 5.41) is 4.29. The van der Waals surface area contributed by atoms with Crippen LogP contribution in [0.3, 0.4) is 0 Å². The molecule has 1 saturated heterocycles. The fourth-order valence-corrected chi connectivity index (χ4v) is 3.49. The predicted molar refractivity (Wildman–Crippen MR) is 93.2 cm³/mol. The highest BCUT2D eigenvalue weighted by Crippen LogP contribution is 2.37. The standard InChI is InChI=1S/C18H29ClN2/c1-5-20-13-15-16(19)7-6-8-17(15)21-11-9-14(10-12-21)18(2,3)4/h6-8,14,20H,5,9-13H2,1-4H3. The second-order valence-electron chi connectivity index (χ2n) is 7.15. The number of nitrogens with zero attached hydrogens (tertiary/aromatic N) is 1. The zero-order valence-electron chi connectivity index (χ0n) is 13.9. The van der Waals surface area contributed by atoms with Gasteiger partial charge in [-0.25, -0.2) is 0 Å². The van der Waals surface area contributed by atoms with E-state index in [4.69, 9.17) is 11.6 Å². The minimum Gasteiger partial charge on any atom is -0.371 e. The lowest BCUT2D eigenvalue weighted by Crippen LogP contribution is -2.38. The van der Waals surface area contributed by atoms with Gasteiger partial charge in [0.25, 0.3) is 0 Å². The Morgan fingerprint density at radius 2 is 1.90 bits per heavy atom. The van der Waals surface area contributed by atoms with Crippen molar-refractivity contribution in [3.05, 3.63) is 28.8 Å².